The molecule has 0 heterocycles. The molecule has 0 radical (unpaired) electrons. The van der Waals surface area contributed by atoms with Crippen LogP contribution in [0.5, 0.6) is 5.75 Å². The highest BCUT2D eigenvalue weighted by Crippen LogP contribution is 2.13. The Morgan fingerprint density at radius 1 is 1.29 bits per heavy atom. The third-order valence-electron chi connectivity index (χ3n) is 3.17. The van der Waals surface area contributed by atoms with Crippen LogP contribution in [0.25, 0.3) is 0 Å². The van der Waals surface area contributed by atoms with E-state index >= 15 is 0 Å². The fourth-order valence-electron chi connectivity index (χ4n) is 1.97. The summed E-state index contributed by atoms with van der Waals surface area (Å²) in [6.07, 6.45) is 3.27. The molecular formula is C17H28N2O2. The molecule has 0 aliphatic heterocycles. The molecule has 0 bridgehead atoms. The number of hydrogen-bond donors (Lipinski definition) is 1. The predicted octanol–water partition coefficient (Wildman–Crippen LogP) is 2.82. The van der Waals surface area contributed by atoms with Crippen LogP contribution < -0.4 is 10.1 Å². The van der Waals surface area contributed by atoms with Gasteiger partial charge in [0, 0.05) is 6.54 Å². The second-order valence-electron chi connectivity index (χ2n) is 5.36. The van der Waals surface area contributed by atoms with Crippen LogP contribution in [0, 0.1) is 0 Å². The van der Waals surface area contributed by atoms with Gasteiger partial charge >= 0.3 is 0 Å². The van der Waals surface area contributed by atoms with Gasteiger partial charge in [-0.3, -0.25) is 9.69 Å². The second-order valence-corrected chi connectivity index (χ2v) is 5.36. The lowest BCUT2D eigenvalue weighted by Gasteiger charge is -2.15. The van der Waals surface area contributed by atoms with E-state index in [0.717, 1.165) is 43.7 Å². The lowest BCUT2D eigenvalue weighted by Crippen LogP contribution is -2.35. The summed E-state index contributed by atoms with van der Waals surface area (Å²) in [6, 6.07) is 7.88. The normalized spacial score (nSPS) is 10.7. The number of nitrogens with one attached hydrogen (secondary N) is 1. The number of ether oxygens (including phenoxy) is 1. The zero-order valence-corrected chi connectivity index (χ0v) is 13.5. The maximum absolute atomic E-state index is 11.9. The summed E-state index contributed by atoms with van der Waals surface area (Å²) in [6.45, 7) is 6.92. The molecule has 4 nitrogen and oxygen atoms in total. The van der Waals surface area contributed by atoms with Gasteiger partial charge in [0.25, 0.3) is 0 Å². The molecule has 21 heavy (non-hydrogen) atoms. The zero-order chi connectivity index (χ0) is 15.5. The molecule has 0 atom stereocenters. The van der Waals surface area contributed by atoms with Crippen LogP contribution >= 0.6 is 0 Å². The molecule has 1 aromatic carbocycles. The van der Waals surface area contributed by atoms with E-state index in [0.29, 0.717) is 13.1 Å². The van der Waals surface area contributed by atoms with Gasteiger partial charge in [-0.05, 0) is 44.1 Å². The van der Waals surface area contributed by atoms with Gasteiger partial charge in [0.2, 0.25) is 5.91 Å². The molecule has 1 rings (SSSR count). The van der Waals surface area contributed by atoms with Crippen LogP contribution in [0.15, 0.2) is 24.3 Å². The minimum absolute atomic E-state index is 0.0634. The highest BCUT2D eigenvalue weighted by Gasteiger charge is 2.06. The third kappa shape index (κ3) is 7.71. The molecule has 0 unspecified atom stereocenters. The molecule has 0 aliphatic rings. The van der Waals surface area contributed by atoms with Crippen LogP contribution in [0.3, 0.4) is 0 Å². The minimum Gasteiger partial charge on any atom is -0.494 e. The van der Waals surface area contributed by atoms with Gasteiger partial charge in [-0.1, -0.05) is 32.4 Å². The summed E-state index contributed by atoms with van der Waals surface area (Å²) in [7, 11) is 1.98. The Bertz CT molecular complexity index is 421. The molecule has 0 aromatic heterocycles. The van der Waals surface area contributed by atoms with Crippen molar-refractivity contribution in [2.24, 2.45) is 0 Å². The molecule has 118 valence electrons. The predicted molar refractivity (Wildman–Crippen MR) is 86.5 cm³/mol. The molecule has 0 spiro atoms. The van der Waals surface area contributed by atoms with Gasteiger partial charge in [-0.15, -0.1) is 0 Å². The second kappa shape index (κ2) is 10.2. The van der Waals surface area contributed by atoms with E-state index in [9.17, 15) is 4.79 Å². The highest BCUT2D eigenvalue weighted by molar-refractivity contribution is 5.77. The van der Waals surface area contributed by atoms with E-state index in [1.165, 1.54) is 0 Å². The quantitative estimate of drug-likeness (QED) is 0.721. The number of carbonyl (C=O) groups excluding carboxylic acids is 1. The first-order chi connectivity index (χ1) is 10.2. The Morgan fingerprint density at radius 3 is 2.81 bits per heavy atom. The average molecular weight is 292 g/mol. The smallest absolute Gasteiger partial charge is 0.234 e. The van der Waals surface area contributed by atoms with Crippen molar-refractivity contribution in [2.45, 2.75) is 39.7 Å². The Hall–Kier alpha value is -1.55. The lowest BCUT2D eigenvalue weighted by atomic mass is 10.2. The minimum atomic E-state index is 0.0634. The Labute approximate surface area is 128 Å². The van der Waals surface area contributed by atoms with Crippen molar-refractivity contribution in [3.05, 3.63) is 29.8 Å². The van der Waals surface area contributed by atoms with Gasteiger partial charge in [0.05, 0.1) is 13.2 Å². The number of carbonyl (C=O) groups is 1. The number of likely N-dealkylation sites (N-methyl/N-ethyl adjacent to an activating group) is 1. The van der Waals surface area contributed by atoms with Gasteiger partial charge in [-0.2, -0.15) is 0 Å². The van der Waals surface area contributed by atoms with Crippen molar-refractivity contribution in [3.8, 4) is 5.75 Å². The fourth-order valence-corrected chi connectivity index (χ4v) is 1.97. The summed E-state index contributed by atoms with van der Waals surface area (Å²) >= 11 is 0. The van der Waals surface area contributed by atoms with E-state index in [2.05, 4.69) is 24.1 Å². The van der Waals surface area contributed by atoms with Crippen LogP contribution in [0.4, 0.5) is 0 Å². The third-order valence-corrected chi connectivity index (χ3v) is 3.17. The summed E-state index contributed by atoms with van der Waals surface area (Å²) in [5.41, 5.74) is 1.06. The average Bonchev–Trinajstić information content (AvgIpc) is 2.49. The van der Waals surface area contributed by atoms with Crippen molar-refractivity contribution in [1.82, 2.24) is 10.2 Å². The molecule has 0 fully saturated rings. The molecule has 1 amide bonds. The van der Waals surface area contributed by atoms with Gasteiger partial charge < -0.3 is 10.1 Å². The van der Waals surface area contributed by atoms with Crippen molar-refractivity contribution in [1.29, 1.82) is 0 Å². The summed E-state index contributed by atoms with van der Waals surface area (Å²) in [5.74, 6) is 0.928. The van der Waals surface area contributed by atoms with E-state index in [4.69, 9.17) is 4.74 Å². The van der Waals surface area contributed by atoms with E-state index < -0.39 is 0 Å². The topological polar surface area (TPSA) is 41.6 Å². The largest absolute Gasteiger partial charge is 0.494 e. The summed E-state index contributed by atoms with van der Waals surface area (Å²) in [4.78, 5) is 13.9. The zero-order valence-electron chi connectivity index (χ0n) is 13.5. The standard InChI is InChI=1S/C17H28N2O2/c1-4-6-10-19(3)14-17(20)18-13-15-8-7-9-16(12-15)21-11-5-2/h7-9,12H,4-6,10-11,13-14H2,1-3H3,(H,18,20). The van der Waals surface area contributed by atoms with Gasteiger partial charge in [0.15, 0.2) is 0 Å². The number of rotatable bonds is 10. The van der Waals surface area contributed by atoms with E-state index in [1.54, 1.807) is 0 Å². The van der Waals surface area contributed by atoms with Crippen molar-refractivity contribution < 1.29 is 9.53 Å². The monoisotopic (exact) mass is 292 g/mol. The van der Waals surface area contributed by atoms with Gasteiger partial charge in [0.1, 0.15) is 5.75 Å². The highest BCUT2D eigenvalue weighted by atomic mass is 16.5. The maximum Gasteiger partial charge on any atom is 0.234 e. The van der Waals surface area contributed by atoms with Crippen molar-refractivity contribution in [3.63, 3.8) is 0 Å². The molecular weight excluding hydrogens is 264 g/mol. The Balaban J connectivity index is 2.35. The SMILES string of the molecule is CCCCN(C)CC(=O)NCc1cccc(OCCC)c1. The van der Waals surface area contributed by atoms with Crippen LogP contribution in [0.1, 0.15) is 38.7 Å². The van der Waals surface area contributed by atoms with Crippen LogP contribution in [-0.2, 0) is 11.3 Å². The number of amides is 1. The fraction of sp³-hybridized carbons (Fsp3) is 0.588. The summed E-state index contributed by atoms with van der Waals surface area (Å²) in [5, 5.41) is 2.95. The Kier molecular flexibility index (Phi) is 8.51. The van der Waals surface area contributed by atoms with Crippen molar-refractivity contribution >= 4 is 5.91 Å². The first-order valence-corrected chi connectivity index (χ1v) is 7.82. The number of benzene rings is 1. The molecule has 1 aromatic rings. The number of unbranched alkanes of at least 4 members (excludes halogenated alkanes) is 1. The molecule has 4 heteroatoms. The maximum atomic E-state index is 11.9. The first kappa shape index (κ1) is 17.5. The Morgan fingerprint density at radius 2 is 2.10 bits per heavy atom. The lowest BCUT2D eigenvalue weighted by molar-refractivity contribution is -0.122. The van der Waals surface area contributed by atoms with Gasteiger partial charge in [-0.25, -0.2) is 0 Å². The molecule has 0 saturated heterocycles. The van der Waals surface area contributed by atoms with Crippen molar-refractivity contribution in [2.75, 3.05) is 26.7 Å². The number of hydrogen-bond acceptors (Lipinski definition) is 3. The van der Waals surface area contributed by atoms with E-state index in [-0.39, 0.29) is 5.91 Å². The van der Waals surface area contributed by atoms with E-state index in [1.807, 2.05) is 31.3 Å². The number of nitrogens with zero attached hydrogens (tertiary/aromatic N) is 1. The molecule has 0 aliphatic carbocycles. The molecule has 1 N–H and O–H groups in total. The van der Waals surface area contributed by atoms with Crippen LogP contribution in [0.2, 0.25) is 0 Å². The first-order valence-electron chi connectivity index (χ1n) is 7.82. The molecule has 0 saturated carbocycles. The summed E-state index contributed by atoms with van der Waals surface area (Å²) < 4.78 is 5.59. The van der Waals surface area contributed by atoms with Crippen LogP contribution in [-0.4, -0.2) is 37.6 Å².